The van der Waals surface area contributed by atoms with E-state index in [1.54, 1.807) is 7.11 Å². The minimum absolute atomic E-state index is 0.593. The van der Waals surface area contributed by atoms with Gasteiger partial charge in [0, 0.05) is 33.8 Å². The van der Waals surface area contributed by atoms with Crippen LogP contribution in [0.2, 0.25) is 0 Å². The highest BCUT2D eigenvalue weighted by atomic mass is 16.5. The molecule has 0 unspecified atom stereocenters. The minimum atomic E-state index is 0.593. The molecule has 1 aromatic rings. The van der Waals surface area contributed by atoms with Gasteiger partial charge in [-0.15, -0.1) is 0 Å². The van der Waals surface area contributed by atoms with Gasteiger partial charge in [0.05, 0.1) is 6.61 Å². The highest BCUT2D eigenvalue weighted by molar-refractivity contribution is 5.43. The lowest BCUT2D eigenvalue weighted by molar-refractivity contribution is 0.210. The molecule has 106 valence electrons. The summed E-state index contributed by atoms with van der Waals surface area (Å²) in [7, 11) is 3.49. The van der Waals surface area contributed by atoms with E-state index in [2.05, 4.69) is 30.5 Å². The SMILES string of the molecule is CNc1nc(NCCOC)nc(N2CCCCC2)n1. The molecule has 0 spiro atoms. The maximum Gasteiger partial charge on any atom is 0.231 e. The van der Waals surface area contributed by atoms with E-state index in [0.29, 0.717) is 25.0 Å². The second kappa shape index (κ2) is 7.08. The number of nitrogens with one attached hydrogen (secondary N) is 2. The summed E-state index contributed by atoms with van der Waals surface area (Å²) in [6.07, 6.45) is 3.69. The molecule has 0 saturated carbocycles. The maximum atomic E-state index is 5.01. The van der Waals surface area contributed by atoms with Gasteiger partial charge >= 0.3 is 0 Å². The van der Waals surface area contributed by atoms with Crippen molar-refractivity contribution in [3.8, 4) is 0 Å². The van der Waals surface area contributed by atoms with Crippen LogP contribution in [0.1, 0.15) is 19.3 Å². The maximum absolute atomic E-state index is 5.01. The Kier molecular flexibility index (Phi) is 5.14. The first-order valence-corrected chi connectivity index (χ1v) is 6.75. The van der Waals surface area contributed by atoms with Crippen molar-refractivity contribution in [2.45, 2.75) is 19.3 Å². The summed E-state index contributed by atoms with van der Waals surface area (Å²) in [5, 5.41) is 6.12. The molecule has 1 aliphatic rings. The zero-order chi connectivity index (χ0) is 13.5. The van der Waals surface area contributed by atoms with Gasteiger partial charge in [0.2, 0.25) is 17.8 Å². The predicted octanol–water partition coefficient (Wildman–Crippen LogP) is 0.962. The van der Waals surface area contributed by atoms with E-state index in [1.807, 2.05) is 7.05 Å². The van der Waals surface area contributed by atoms with E-state index in [-0.39, 0.29) is 0 Å². The van der Waals surface area contributed by atoms with E-state index in [1.165, 1.54) is 19.3 Å². The van der Waals surface area contributed by atoms with Crippen molar-refractivity contribution in [3.05, 3.63) is 0 Å². The Labute approximate surface area is 113 Å². The highest BCUT2D eigenvalue weighted by Gasteiger charge is 2.15. The Morgan fingerprint density at radius 1 is 1.11 bits per heavy atom. The van der Waals surface area contributed by atoms with Crippen LogP contribution < -0.4 is 15.5 Å². The third-order valence-corrected chi connectivity index (χ3v) is 3.08. The molecule has 19 heavy (non-hydrogen) atoms. The molecule has 0 radical (unpaired) electrons. The van der Waals surface area contributed by atoms with Crippen molar-refractivity contribution in [2.24, 2.45) is 0 Å². The summed E-state index contributed by atoms with van der Waals surface area (Å²) in [6, 6.07) is 0. The molecule has 7 nitrogen and oxygen atoms in total. The van der Waals surface area contributed by atoms with Gasteiger partial charge in [-0.05, 0) is 19.3 Å². The Bertz CT molecular complexity index is 394. The van der Waals surface area contributed by atoms with Crippen molar-refractivity contribution in [1.82, 2.24) is 15.0 Å². The van der Waals surface area contributed by atoms with Crippen LogP contribution in [0.25, 0.3) is 0 Å². The Hall–Kier alpha value is -1.63. The molecule has 0 atom stereocenters. The van der Waals surface area contributed by atoms with Crippen molar-refractivity contribution >= 4 is 17.8 Å². The number of hydrogen-bond donors (Lipinski definition) is 2. The van der Waals surface area contributed by atoms with Crippen LogP contribution in [0.15, 0.2) is 0 Å². The van der Waals surface area contributed by atoms with Crippen LogP contribution in [-0.2, 0) is 4.74 Å². The number of hydrogen-bond acceptors (Lipinski definition) is 7. The zero-order valence-corrected chi connectivity index (χ0v) is 11.6. The monoisotopic (exact) mass is 266 g/mol. The fraction of sp³-hybridized carbons (Fsp3) is 0.750. The molecule has 0 aromatic carbocycles. The van der Waals surface area contributed by atoms with Crippen LogP contribution in [0.4, 0.5) is 17.8 Å². The molecule has 1 fully saturated rings. The van der Waals surface area contributed by atoms with Gasteiger partial charge in [-0.2, -0.15) is 15.0 Å². The first kappa shape index (κ1) is 13.8. The Balaban J connectivity index is 2.10. The summed E-state index contributed by atoms with van der Waals surface area (Å²) in [5.74, 6) is 1.94. The number of anilines is 3. The van der Waals surface area contributed by atoms with Crippen molar-refractivity contribution in [3.63, 3.8) is 0 Å². The predicted molar refractivity (Wildman–Crippen MR) is 75.8 cm³/mol. The molecule has 1 saturated heterocycles. The molecule has 0 bridgehead atoms. The van der Waals surface area contributed by atoms with E-state index in [0.717, 1.165) is 19.0 Å². The lowest BCUT2D eigenvalue weighted by Gasteiger charge is -2.26. The molecule has 2 N–H and O–H groups in total. The summed E-state index contributed by atoms with van der Waals surface area (Å²) in [4.78, 5) is 15.4. The van der Waals surface area contributed by atoms with Crippen LogP contribution in [0.3, 0.4) is 0 Å². The Morgan fingerprint density at radius 2 is 1.84 bits per heavy atom. The Morgan fingerprint density at radius 3 is 2.53 bits per heavy atom. The van der Waals surface area contributed by atoms with E-state index in [9.17, 15) is 0 Å². The van der Waals surface area contributed by atoms with Gasteiger partial charge < -0.3 is 20.3 Å². The van der Waals surface area contributed by atoms with E-state index < -0.39 is 0 Å². The second-order valence-corrected chi connectivity index (χ2v) is 4.50. The summed E-state index contributed by atoms with van der Waals surface area (Å²) in [5.41, 5.74) is 0. The normalized spacial score (nSPS) is 15.4. The first-order chi connectivity index (χ1) is 9.33. The van der Waals surface area contributed by atoms with Gasteiger partial charge in [0.1, 0.15) is 0 Å². The third-order valence-electron chi connectivity index (χ3n) is 3.08. The average Bonchev–Trinajstić information content (AvgIpc) is 2.48. The van der Waals surface area contributed by atoms with Crippen molar-refractivity contribution < 1.29 is 4.74 Å². The van der Waals surface area contributed by atoms with Crippen LogP contribution in [-0.4, -0.2) is 55.4 Å². The molecular weight excluding hydrogens is 244 g/mol. The topological polar surface area (TPSA) is 75.2 Å². The largest absolute Gasteiger partial charge is 0.383 e. The molecule has 7 heteroatoms. The fourth-order valence-electron chi connectivity index (χ4n) is 2.06. The number of rotatable bonds is 6. The van der Waals surface area contributed by atoms with E-state index in [4.69, 9.17) is 4.74 Å². The summed E-state index contributed by atoms with van der Waals surface area (Å²) in [6.45, 7) is 3.35. The van der Waals surface area contributed by atoms with Gasteiger partial charge in [-0.1, -0.05) is 0 Å². The second-order valence-electron chi connectivity index (χ2n) is 4.50. The van der Waals surface area contributed by atoms with E-state index >= 15 is 0 Å². The standard InChI is InChI=1S/C12H22N6O/c1-13-10-15-11(14-6-9-19-2)17-12(16-10)18-7-4-3-5-8-18/h3-9H2,1-2H3,(H2,13,14,15,16,17). The quantitative estimate of drug-likeness (QED) is 0.743. The number of ether oxygens (including phenoxy) is 1. The molecule has 1 aliphatic heterocycles. The summed E-state index contributed by atoms with van der Waals surface area (Å²) < 4.78 is 5.01. The number of piperidine rings is 1. The van der Waals surface area contributed by atoms with Gasteiger partial charge in [-0.3, -0.25) is 0 Å². The van der Waals surface area contributed by atoms with Crippen molar-refractivity contribution in [1.29, 1.82) is 0 Å². The fourth-order valence-corrected chi connectivity index (χ4v) is 2.06. The lowest BCUT2D eigenvalue weighted by atomic mass is 10.1. The third kappa shape index (κ3) is 3.92. The summed E-state index contributed by atoms with van der Waals surface area (Å²) >= 11 is 0. The highest BCUT2D eigenvalue weighted by Crippen LogP contribution is 2.18. The molecule has 0 amide bonds. The van der Waals surface area contributed by atoms with Crippen LogP contribution >= 0.6 is 0 Å². The molecular formula is C12H22N6O. The zero-order valence-electron chi connectivity index (χ0n) is 11.6. The van der Waals surface area contributed by atoms with Gasteiger partial charge in [0.25, 0.3) is 0 Å². The number of methoxy groups -OCH3 is 1. The van der Waals surface area contributed by atoms with Gasteiger partial charge in [0.15, 0.2) is 0 Å². The van der Waals surface area contributed by atoms with Crippen LogP contribution in [0, 0.1) is 0 Å². The first-order valence-electron chi connectivity index (χ1n) is 6.75. The van der Waals surface area contributed by atoms with Crippen LogP contribution in [0.5, 0.6) is 0 Å². The minimum Gasteiger partial charge on any atom is -0.383 e. The number of nitrogens with zero attached hydrogens (tertiary/aromatic N) is 4. The lowest BCUT2D eigenvalue weighted by Crippen LogP contribution is -2.31. The molecule has 2 heterocycles. The molecule has 0 aliphatic carbocycles. The molecule has 1 aromatic heterocycles. The van der Waals surface area contributed by atoms with Crippen molar-refractivity contribution in [2.75, 3.05) is 55.9 Å². The van der Waals surface area contributed by atoms with Gasteiger partial charge in [-0.25, -0.2) is 0 Å². The smallest absolute Gasteiger partial charge is 0.231 e. The molecule has 2 rings (SSSR count). The number of aromatic nitrogens is 3. The average molecular weight is 266 g/mol.